The van der Waals surface area contributed by atoms with Gasteiger partial charge in [0.25, 0.3) is 5.91 Å². The molecule has 0 saturated carbocycles. The minimum Gasteiger partial charge on any atom is -0.494 e. The van der Waals surface area contributed by atoms with Gasteiger partial charge in [-0.25, -0.2) is 4.68 Å². The van der Waals surface area contributed by atoms with E-state index in [0.717, 1.165) is 28.4 Å². The zero-order valence-corrected chi connectivity index (χ0v) is 19.1. The molecule has 0 fully saturated rings. The first-order chi connectivity index (χ1) is 15.9. The van der Waals surface area contributed by atoms with Crippen LogP contribution in [0.25, 0.3) is 5.82 Å². The van der Waals surface area contributed by atoms with Crippen LogP contribution in [0.1, 0.15) is 34.2 Å². The lowest BCUT2D eigenvalue weighted by Gasteiger charge is -2.09. The molecular formula is C25H26N6O2. The zero-order chi connectivity index (χ0) is 23.4. The molecule has 168 valence electrons. The smallest absolute Gasteiger partial charge is 0.255 e. The van der Waals surface area contributed by atoms with Crippen LogP contribution in [0, 0.1) is 20.8 Å². The van der Waals surface area contributed by atoms with E-state index in [1.807, 2.05) is 64.1 Å². The van der Waals surface area contributed by atoms with Crippen LogP contribution >= 0.6 is 0 Å². The first kappa shape index (κ1) is 22.0. The number of carbonyl (C=O) groups excluding carboxylic acids is 1. The van der Waals surface area contributed by atoms with Gasteiger partial charge in [-0.3, -0.25) is 4.79 Å². The van der Waals surface area contributed by atoms with Gasteiger partial charge in [-0.15, -0.1) is 10.2 Å². The van der Waals surface area contributed by atoms with E-state index >= 15 is 0 Å². The van der Waals surface area contributed by atoms with Crippen molar-refractivity contribution in [2.45, 2.75) is 27.7 Å². The Morgan fingerprint density at radius 3 is 2.18 bits per heavy atom. The number of carbonyl (C=O) groups is 1. The number of anilines is 3. The van der Waals surface area contributed by atoms with E-state index < -0.39 is 0 Å². The van der Waals surface area contributed by atoms with E-state index in [1.54, 1.807) is 28.9 Å². The number of aromatic nitrogens is 4. The lowest BCUT2D eigenvalue weighted by Crippen LogP contribution is -2.11. The number of ether oxygens (including phenoxy) is 1. The maximum atomic E-state index is 12.5. The van der Waals surface area contributed by atoms with E-state index in [4.69, 9.17) is 4.74 Å². The van der Waals surface area contributed by atoms with Crippen LogP contribution in [0.5, 0.6) is 5.75 Å². The number of nitrogens with zero attached hydrogens (tertiary/aromatic N) is 4. The molecule has 2 aromatic heterocycles. The molecule has 4 rings (SSSR count). The van der Waals surface area contributed by atoms with E-state index in [0.29, 0.717) is 29.5 Å². The third kappa shape index (κ3) is 5.01. The number of amides is 1. The van der Waals surface area contributed by atoms with Gasteiger partial charge in [0.05, 0.1) is 12.3 Å². The van der Waals surface area contributed by atoms with Gasteiger partial charge in [0.15, 0.2) is 11.6 Å². The fourth-order valence-electron chi connectivity index (χ4n) is 3.31. The van der Waals surface area contributed by atoms with Gasteiger partial charge >= 0.3 is 0 Å². The highest BCUT2D eigenvalue weighted by atomic mass is 16.5. The monoisotopic (exact) mass is 442 g/mol. The van der Waals surface area contributed by atoms with Crippen LogP contribution in [-0.2, 0) is 0 Å². The van der Waals surface area contributed by atoms with Crippen LogP contribution in [-0.4, -0.2) is 32.5 Å². The Labute approximate surface area is 192 Å². The minimum atomic E-state index is -0.181. The summed E-state index contributed by atoms with van der Waals surface area (Å²) in [6.45, 7) is 8.54. The summed E-state index contributed by atoms with van der Waals surface area (Å²) in [6.07, 6.45) is 0. The van der Waals surface area contributed by atoms with Gasteiger partial charge in [0, 0.05) is 22.6 Å². The summed E-state index contributed by atoms with van der Waals surface area (Å²) in [6, 6.07) is 18.2. The Hall–Kier alpha value is -4.20. The van der Waals surface area contributed by atoms with Crippen molar-refractivity contribution in [2.24, 2.45) is 0 Å². The summed E-state index contributed by atoms with van der Waals surface area (Å²) < 4.78 is 7.20. The van der Waals surface area contributed by atoms with Crippen molar-refractivity contribution in [2.75, 3.05) is 17.2 Å². The molecule has 0 spiro atoms. The Morgan fingerprint density at radius 2 is 1.61 bits per heavy atom. The average Bonchev–Trinajstić information content (AvgIpc) is 3.09. The number of rotatable bonds is 7. The molecule has 8 nitrogen and oxygen atoms in total. The highest BCUT2D eigenvalue weighted by Crippen LogP contribution is 2.20. The number of aryl methyl sites for hydroxylation is 1. The number of nitrogens with one attached hydrogen (secondary N) is 2. The molecule has 8 heteroatoms. The van der Waals surface area contributed by atoms with Crippen molar-refractivity contribution in [1.82, 2.24) is 20.0 Å². The summed E-state index contributed by atoms with van der Waals surface area (Å²) in [4.78, 5) is 12.5. The van der Waals surface area contributed by atoms with E-state index in [2.05, 4.69) is 25.9 Å². The van der Waals surface area contributed by atoms with Gasteiger partial charge in [0.2, 0.25) is 0 Å². The second-order valence-corrected chi connectivity index (χ2v) is 7.60. The van der Waals surface area contributed by atoms with Crippen LogP contribution in [0.3, 0.4) is 0 Å². The molecule has 33 heavy (non-hydrogen) atoms. The molecule has 2 N–H and O–H groups in total. The van der Waals surface area contributed by atoms with Gasteiger partial charge in [0.1, 0.15) is 5.75 Å². The minimum absolute atomic E-state index is 0.181. The number of hydrogen-bond donors (Lipinski definition) is 2. The SMILES string of the molecule is CCOc1ccc(C(=O)Nc2ccc(Nc3ccc(-n4nc(C)c(C)c4C)nn3)cc2)cc1. The van der Waals surface area contributed by atoms with E-state index in [1.165, 1.54) is 0 Å². The van der Waals surface area contributed by atoms with Crippen molar-refractivity contribution >= 4 is 23.1 Å². The highest BCUT2D eigenvalue weighted by Gasteiger charge is 2.11. The summed E-state index contributed by atoms with van der Waals surface area (Å²) in [7, 11) is 0. The molecule has 2 aromatic carbocycles. The fourth-order valence-corrected chi connectivity index (χ4v) is 3.31. The normalized spacial score (nSPS) is 10.7. The molecule has 4 aromatic rings. The molecule has 0 aliphatic rings. The summed E-state index contributed by atoms with van der Waals surface area (Å²) in [5.41, 5.74) is 5.26. The number of hydrogen-bond acceptors (Lipinski definition) is 6. The van der Waals surface area contributed by atoms with Crippen LogP contribution < -0.4 is 15.4 Å². The Balaban J connectivity index is 1.38. The topological polar surface area (TPSA) is 94.0 Å². The first-order valence-electron chi connectivity index (χ1n) is 10.7. The van der Waals surface area contributed by atoms with Crippen LogP contribution in [0.15, 0.2) is 60.7 Å². The maximum absolute atomic E-state index is 12.5. The van der Waals surface area contributed by atoms with Crippen molar-refractivity contribution in [1.29, 1.82) is 0 Å². The largest absolute Gasteiger partial charge is 0.494 e. The third-order valence-corrected chi connectivity index (χ3v) is 5.36. The van der Waals surface area contributed by atoms with Crippen molar-refractivity contribution in [3.8, 4) is 11.6 Å². The maximum Gasteiger partial charge on any atom is 0.255 e. The van der Waals surface area contributed by atoms with Crippen molar-refractivity contribution in [3.63, 3.8) is 0 Å². The van der Waals surface area contributed by atoms with Gasteiger partial charge in [-0.05, 0) is 93.9 Å². The first-order valence-corrected chi connectivity index (χ1v) is 10.7. The lowest BCUT2D eigenvalue weighted by atomic mass is 10.2. The molecule has 0 aliphatic heterocycles. The van der Waals surface area contributed by atoms with Crippen molar-refractivity contribution < 1.29 is 9.53 Å². The molecule has 0 atom stereocenters. The predicted octanol–water partition coefficient (Wildman–Crippen LogP) is 4.98. The molecule has 2 heterocycles. The van der Waals surface area contributed by atoms with Crippen LogP contribution in [0.2, 0.25) is 0 Å². The van der Waals surface area contributed by atoms with Crippen LogP contribution in [0.4, 0.5) is 17.2 Å². The Kier molecular flexibility index (Phi) is 6.35. The summed E-state index contributed by atoms with van der Waals surface area (Å²) in [5, 5.41) is 19.2. The molecule has 0 radical (unpaired) electrons. The molecule has 0 bridgehead atoms. The molecule has 0 unspecified atom stereocenters. The highest BCUT2D eigenvalue weighted by molar-refractivity contribution is 6.04. The second-order valence-electron chi connectivity index (χ2n) is 7.60. The molecule has 0 saturated heterocycles. The Morgan fingerprint density at radius 1 is 0.909 bits per heavy atom. The van der Waals surface area contributed by atoms with E-state index in [-0.39, 0.29) is 5.91 Å². The second kappa shape index (κ2) is 9.52. The third-order valence-electron chi connectivity index (χ3n) is 5.36. The zero-order valence-electron chi connectivity index (χ0n) is 19.1. The van der Waals surface area contributed by atoms with Gasteiger partial charge < -0.3 is 15.4 Å². The molecule has 0 aliphatic carbocycles. The number of benzene rings is 2. The Bertz CT molecular complexity index is 1250. The quantitative estimate of drug-likeness (QED) is 0.419. The summed E-state index contributed by atoms with van der Waals surface area (Å²) in [5.74, 6) is 1.84. The average molecular weight is 443 g/mol. The predicted molar refractivity (Wildman–Crippen MR) is 129 cm³/mol. The lowest BCUT2D eigenvalue weighted by molar-refractivity contribution is 0.102. The summed E-state index contributed by atoms with van der Waals surface area (Å²) >= 11 is 0. The van der Waals surface area contributed by atoms with Gasteiger partial charge in [-0.2, -0.15) is 5.10 Å². The van der Waals surface area contributed by atoms with Crippen molar-refractivity contribution in [3.05, 3.63) is 83.2 Å². The molecule has 1 amide bonds. The van der Waals surface area contributed by atoms with Gasteiger partial charge in [-0.1, -0.05) is 0 Å². The van der Waals surface area contributed by atoms with E-state index in [9.17, 15) is 4.79 Å². The molecular weight excluding hydrogens is 416 g/mol. The standard InChI is InChI=1S/C25H26N6O2/c1-5-33-22-12-6-19(7-13-22)25(32)27-21-10-8-20(9-11-21)26-23-14-15-24(29-28-23)31-18(4)16(2)17(3)30-31/h6-15H,5H2,1-4H3,(H,26,28)(H,27,32). The fraction of sp³-hybridized carbons (Fsp3) is 0.200.